The Labute approximate surface area is 192 Å². The van der Waals surface area contributed by atoms with Crippen molar-refractivity contribution in [1.29, 1.82) is 0 Å². The zero-order valence-electron chi connectivity index (χ0n) is 18.0. The van der Waals surface area contributed by atoms with E-state index in [0.29, 0.717) is 11.8 Å². The minimum atomic E-state index is 0.388. The molecule has 31 heavy (non-hydrogen) atoms. The van der Waals surface area contributed by atoms with Gasteiger partial charge < -0.3 is 0 Å². The van der Waals surface area contributed by atoms with Gasteiger partial charge in [0, 0.05) is 36.3 Å². The second kappa shape index (κ2) is 7.83. The van der Waals surface area contributed by atoms with Gasteiger partial charge in [-0.3, -0.25) is 9.97 Å². The summed E-state index contributed by atoms with van der Waals surface area (Å²) in [6, 6.07) is 17.3. The standard InChI is InChI=1S/C27H26N2S2/c1-16(2)22-26-24(18-12-6-8-14-20(18)28-22)31-27-23(17-10-4-3-5-11-17)29-21-15-9-7-13-19(21)25(27)30-26/h6-9,12-17H,3-5,10-11H2,1-2H3. The third kappa shape index (κ3) is 3.27. The summed E-state index contributed by atoms with van der Waals surface area (Å²) in [7, 11) is 0. The summed E-state index contributed by atoms with van der Waals surface area (Å²) in [5.74, 6) is 0.971. The predicted molar refractivity (Wildman–Crippen MR) is 132 cm³/mol. The molecule has 1 aliphatic carbocycles. The molecule has 2 aliphatic rings. The fourth-order valence-corrected chi connectivity index (χ4v) is 7.99. The maximum absolute atomic E-state index is 5.27. The van der Waals surface area contributed by atoms with Gasteiger partial charge in [0.2, 0.25) is 0 Å². The van der Waals surface area contributed by atoms with E-state index >= 15 is 0 Å². The summed E-state index contributed by atoms with van der Waals surface area (Å²) in [6.45, 7) is 4.52. The van der Waals surface area contributed by atoms with Crippen LogP contribution in [0.4, 0.5) is 0 Å². The van der Waals surface area contributed by atoms with Gasteiger partial charge in [0.1, 0.15) is 0 Å². The first-order valence-electron chi connectivity index (χ1n) is 11.4. The lowest BCUT2D eigenvalue weighted by Gasteiger charge is -2.29. The fraction of sp³-hybridized carbons (Fsp3) is 0.333. The normalized spacial score (nSPS) is 16.6. The van der Waals surface area contributed by atoms with Gasteiger partial charge in [-0.1, -0.05) is 93.0 Å². The Morgan fingerprint density at radius 3 is 1.97 bits per heavy atom. The van der Waals surface area contributed by atoms with Gasteiger partial charge in [0.05, 0.1) is 22.4 Å². The Morgan fingerprint density at radius 1 is 0.710 bits per heavy atom. The molecule has 1 fully saturated rings. The number of hydrogen-bond acceptors (Lipinski definition) is 4. The van der Waals surface area contributed by atoms with Crippen LogP contribution < -0.4 is 0 Å². The molecule has 1 aliphatic heterocycles. The molecule has 0 unspecified atom stereocenters. The van der Waals surface area contributed by atoms with Gasteiger partial charge in [-0.15, -0.1) is 0 Å². The number of nitrogens with zero attached hydrogens (tertiary/aromatic N) is 2. The van der Waals surface area contributed by atoms with Crippen LogP contribution >= 0.6 is 23.5 Å². The molecule has 4 aromatic rings. The third-order valence-corrected chi connectivity index (χ3v) is 9.35. The van der Waals surface area contributed by atoms with Gasteiger partial charge in [-0.05, 0) is 30.9 Å². The van der Waals surface area contributed by atoms with E-state index in [-0.39, 0.29) is 0 Å². The summed E-state index contributed by atoms with van der Waals surface area (Å²) >= 11 is 3.89. The summed E-state index contributed by atoms with van der Waals surface area (Å²) in [5.41, 5.74) is 4.80. The molecule has 0 spiro atoms. The average Bonchev–Trinajstić information content (AvgIpc) is 2.82. The Bertz CT molecular complexity index is 1310. The van der Waals surface area contributed by atoms with Crippen molar-refractivity contribution in [1.82, 2.24) is 9.97 Å². The minimum absolute atomic E-state index is 0.388. The number of fused-ring (bicyclic) bond motifs is 6. The number of benzene rings is 2. The molecule has 2 nitrogen and oxygen atoms in total. The largest absolute Gasteiger partial charge is 0.251 e. The molecule has 0 radical (unpaired) electrons. The van der Waals surface area contributed by atoms with Crippen molar-refractivity contribution < 1.29 is 0 Å². The minimum Gasteiger partial charge on any atom is -0.251 e. The van der Waals surface area contributed by atoms with Crippen molar-refractivity contribution >= 4 is 45.3 Å². The second-order valence-electron chi connectivity index (χ2n) is 9.04. The van der Waals surface area contributed by atoms with Gasteiger partial charge in [0.25, 0.3) is 0 Å². The van der Waals surface area contributed by atoms with Crippen molar-refractivity contribution in [2.75, 3.05) is 0 Å². The van der Waals surface area contributed by atoms with Crippen molar-refractivity contribution in [2.24, 2.45) is 0 Å². The van der Waals surface area contributed by atoms with Crippen LogP contribution in [0.3, 0.4) is 0 Å². The monoisotopic (exact) mass is 442 g/mol. The summed E-state index contributed by atoms with van der Waals surface area (Å²) in [6.07, 6.45) is 6.55. The number of hydrogen-bond donors (Lipinski definition) is 0. The first-order chi connectivity index (χ1) is 15.2. The molecule has 1 saturated carbocycles. The van der Waals surface area contributed by atoms with Crippen LogP contribution in [0.5, 0.6) is 0 Å². The molecular formula is C27H26N2S2. The number of pyridine rings is 2. The van der Waals surface area contributed by atoms with Crippen LogP contribution in [0.15, 0.2) is 68.1 Å². The van der Waals surface area contributed by atoms with E-state index in [0.717, 1.165) is 11.0 Å². The molecule has 0 amide bonds. The maximum atomic E-state index is 5.27. The van der Waals surface area contributed by atoms with Crippen molar-refractivity contribution in [2.45, 2.75) is 77.4 Å². The molecule has 0 bridgehead atoms. The van der Waals surface area contributed by atoms with E-state index in [2.05, 4.69) is 62.4 Å². The van der Waals surface area contributed by atoms with E-state index < -0.39 is 0 Å². The molecule has 6 rings (SSSR count). The first-order valence-corrected chi connectivity index (χ1v) is 13.0. The van der Waals surface area contributed by atoms with Crippen molar-refractivity contribution in [3.05, 3.63) is 59.9 Å². The maximum Gasteiger partial charge on any atom is 0.0717 e. The Hall–Kier alpha value is -2.04. The lowest BCUT2D eigenvalue weighted by molar-refractivity contribution is 0.432. The highest BCUT2D eigenvalue weighted by Gasteiger charge is 2.31. The van der Waals surface area contributed by atoms with Crippen LogP contribution in [-0.4, -0.2) is 9.97 Å². The molecule has 156 valence electrons. The highest BCUT2D eigenvalue weighted by molar-refractivity contribution is 8.05. The van der Waals surface area contributed by atoms with E-state index in [1.807, 2.05) is 23.5 Å². The van der Waals surface area contributed by atoms with Crippen LogP contribution in [-0.2, 0) is 0 Å². The molecule has 0 N–H and O–H groups in total. The number of rotatable bonds is 2. The van der Waals surface area contributed by atoms with Crippen molar-refractivity contribution in [3.63, 3.8) is 0 Å². The summed E-state index contributed by atoms with van der Waals surface area (Å²) < 4.78 is 0. The third-order valence-electron chi connectivity index (χ3n) is 6.60. The summed E-state index contributed by atoms with van der Waals surface area (Å²) in [5, 5.41) is 2.55. The van der Waals surface area contributed by atoms with Crippen molar-refractivity contribution in [3.8, 4) is 0 Å². The van der Waals surface area contributed by atoms with Gasteiger partial charge in [-0.25, -0.2) is 0 Å². The van der Waals surface area contributed by atoms with Gasteiger partial charge in [-0.2, -0.15) is 0 Å². The predicted octanol–water partition coefficient (Wildman–Crippen LogP) is 8.57. The smallest absolute Gasteiger partial charge is 0.0717 e. The quantitative estimate of drug-likeness (QED) is 0.273. The van der Waals surface area contributed by atoms with Crippen LogP contribution in [0.25, 0.3) is 21.8 Å². The summed E-state index contributed by atoms with van der Waals surface area (Å²) in [4.78, 5) is 15.9. The molecule has 0 saturated heterocycles. The SMILES string of the molecule is CC(C)c1nc2ccccc2c2c1Sc1c(c(C3CCCCC3)nc3ccccc13)S2. The molecular weight excluding hydrogens is 416 g/mol. The Kier molecular flexibility index (Phi) is 4.96. The first kappa shape index (κ1) is 19.6. The van der Waals surface area contributed by atoms with Gasteiger partial charge in [0.15, 0.2) is 0 Å². The van der Waals surface area contributed by atoms with E-state index in [1.165, 1.54) is 73.8 Å². The Balaban J connectivity index is 1.63. The zero-order chi connectivity index (χ0) is 20.9. The lowest BCUT2D eigenvalue weighted by atomic mass is 9.86. The molecule has 2 aromatic carbocycles. The Morgan fingerprint density at radius 2 is 1.29 bits per heavy atom. The van der Waals surface area contributed by atoms with Crippen LogP contribution in [0.2, 0.25) is 0 Å². The molecule has 0 atom stereocenters. The highest BCUT2D eigenvalue weighted by atomic mass is 32.2. The van der Waals surface area contributed by atoms with Crippen LogP contribution in [0.1, 0.15) is 69.2 Å². The fourth-order valence-electron chi connectivity index (χ4n) is 5.01. The van der Waals surface area contributed by atoms with E-state index in [1.54, 1.807) is 0 Å². The average molecular weight is 443 g/mol. The topological polar surface area (TPSA) is 25.8 Å². The zero-order valence-corrected chi connectivity index (χ0v) is 19.7. The second-order valence-corrected chi connectivity index (χ2v) is 11.1. The number of aromatic nitrogens is 2. The van der Waals surface area contributed by atoms with Gasteiger partial charge >= 0.3 is 0 Å². The molecule has 4 heteroatoms. The van der Waals surface area contributed by atoms with Crippen LogP contribution in [0, 0.1) is 0 Å². The lowest BCUT2D eigenvalue weighted by Crippen LogP contribution is -2.11. The van der Waals surface area contributed by atoms with E-state index in [9.17, 15) is 0 Å². The molecule has 2 aromatic heterocycles. The molecule has 3 heterocycles. The number of para-hydroxylation sites is 2. The highest BCUT2D eigenvalue weighted by Crippen LogP contribution is 2.56. The van der Waals surface area contributed by atoms with E-state index in [4.69, 9.17) is 9.97 Å².